The van der Waals surface area contributed by atoms with Gasteiger partial charge in [0.1, 0.15) is 10.4 Å². The number of benzene rings is 2. The zero-order valence-electron chi connectivity index (χ0n) is 13.5. The maximum absolute atomic E-state index is 12.8. The predicted octanol–water partition coefficient (Wildman–Crippen LogP) is 4.24. The maximum atomic E-state index is 12.8. The first kappa shape index (κ1) is 18.6. The summed E-state index contributed by atoms with van der Waals surface area (Å²) in [5, 5.41) is 10.2. The SMILES string of the molecule is O=C(O)[C@H](Cc1ccccc1)N1C(=O)/C(=C/c2ccccc2Cl)SC1=S. The number of hydrogen-bond acceptors (Lipinski definition) is 4. The van der Waals surface area contributed by atoms with Crippen molar-refractivity contribution in [1.29, 1.82) is 0 Å². The van der Waals surface area contributed by atoms with Gasteiger partial charge in [0.05, 0.1) is 4.91 Å². The Hall–Kier alpha value is -2.15. The van der Waals surface area contributed by atoms with E-state index < -0.39 is 17.9 Å². The number of rotatable bonds is 5. The fourth-order valence-corrected chi connectivity index (χ4v) is 4.15. The van der Waals surface area contributed by atoms with Gasteiger partial charge in [0, 0.05) is 11.4 Å². The van der Waals surface area contributed by atoms with Gasteiger partial charge in [-0.1, -0.05) is 84.1 Å². The van der Waals surface area contributed by atoms with Crippen molar-refractivity contribution >= 4 is 57.9 Å². The highest BCUT2D eigenvalue weighted by Gasteiger charge is 2.40. The number of aliphatic carboxylic acids is 1. The summed E-state index contributed by atoms with van der Waals surface area (Å²) in [7, 11) is 0. The molecule has 0 radical (unpaired) electrons. The van der Waals surface area contributed by atoms with Gasteiger partial charge < -0.3 is 5.11 Å². The van der Waals surface area contributed by atoms with Gasteiger partial charge in [-0.3, -0.25) is 9.69 Å². The third-order valence-corrected chi connectivity index (χ3v) is 5.56. The highest BCUT2D eigenvalue weighted by Crippen LogP contribution is 2.35. The van der Waals surface area contributed by atoms with E-state index in [4.69, 9.17) is 23.8 Å². The van der Waals surface area contributed by atoms with E-state index in [1.165, 1.54) is 4.90 Å². The number of hydrogen-bond donors (Lipinski definition) is 1. The number of nitrogens with zero attached hydrogens (tertiary/aromatic N) is 1. The van der Waals surface area contributed by atoms with Gasteiger partial charge in [-0.2, -0.15) is 0 Å². The van der Waals surface area contributed by atoms with Crippen LogP contribution in [0.1, 0.15) is 11.1 Å². The molecule has 1 aliphatic heterocycles. The Bertz CT molecular complexity index is 899. The Balaban J connectivity index is 1.89. The molecule has 1 amide bonds. The summed E-state index contributed by atoms with van der Waals surface area (Å²) in [6.45, 7) is 0. The molecule has 0 bridgehead atoms. The van der Waals surface area contributed by atoms with Crippen LogP contribution in [-0.4, -0.2) is 32.2 Å². The molecule has 2 aromatic carbocycles. The van der Waals surface area contributed by atoms with Gasteiger partial charge in [-0.15, -0.1) is 0 Å². The van der Waals surface area contributed by atoms with E-state index in [2.05, 4.69) is 0 Å². The number of thiocarbonyl (C=S) groups is 1. The topological polar surface area (TPSA) is 57.6 Å². The van der Waals surface area contributed by atoms with E-state index in [9.17, 15) is 14.7 Å². The molecule has 1 N–H and O–H groups in total. The number of amides is 1. The van der Waals surface area contributed by atoms with E-state index in [1.807, 2.05) is 36.4 Å². The van der Waals surface area contributed by atoms with Crippen LogP contribution in [0.2, 0.25) is 5.02 Å². The van der Waals surface area contributed by atoms with Crippen LogP contribution in [0.5, 0.6) is 0 Å². The van der Waals surface area contributed by atoms with Gasteiger partial charge in [0.15, 0.2) is 0 Å². The Morgan fingerprint density at radius 2 is 1.85 bits per heavy atom. The predicted molar refractivity (Wildman–Crippen MR) is 108 cm³/mol. The number of carbonyl (C=O) groups excluding carboxylic acids is 1. The summed E-state index contributed by atoms with van der Waals surface area (Å²) < 4.78 is 0.233. The lowest BCUT2D eigenvalue weighted by Crippen LogP contribution is -2.45. The number of carboxylic acid groups (broad SMARTS) is 1. The normalized spacial score (nSPS) is 17.0. The van der Waals surface area contributed by atoms with Crippen LogP contribution < -0.4 is 0 Å². The zero-order chi connectivity index (χ0) is 18.7. The molecule has 132 valence electrons. The molecule has 26 heavy (non-hydrogen) atoms. The van der Waals surface area contributed by atoms with Gasteiger partial charge in [-0.25, -0.2) is 4.79 Å². The number of carboxylic acids is 1. The summed E-state index contributed by atoms with van der Waals surface area (Å²) in [5.74, 6) is -1.51. The lowest BCUT2D eigenvalue weighted by atomic mass is 10.0. The fourth-order valence-electron chi connectivity index (χ4n) is 2.61. The van der Waals surface area contributed by atoms with Crippen LogP contribution in [0.4, 0.5) is 0 Å². The second kappa shape index (κ2) is 8.03. The first-order valence-corrected chi connectivity index (χ1v) is 9.36. The minimum absolute atomic E-state index is 0.183. The molecule has 1 atom stereocenters. The quantitative estimate of drug-likeness (QED) is 0.597. The summed E-state index contributed by atoms with van der Waals surface area (Å²) in [6.07, 6.45) is 1.82. The fraction of sp³-hybridized carbons (Fsp3) is 0.105. The number of thioether (sulfide) groups is 1. The maximum Gasteiger partial charge on any atom is 0.327 e. The Morgan fingerprint density at radius 3 is 2.50 bits per heavy atom. The van der Waals surface area contributed by atoms with Crippen molar-refractivity contribution in [3.8, 4) is 0 Å². The molecule has 2 aromatic rings. The lowest BCUT2D eigenvalue weighted by molar-refractivity contribution is -0.145. The monoisotopic (exact) mass is 403 g/mol. The molecule has 1 saturated heterocycles. The van der Waals surface area contributed by atoms with E-state index >= 15 is 0 Å². The summed E-state index contributed by atoms with van der Waals surface area (Å²) in [4.78, 5) is 26.2. The Kier molecular flexibility index (Phi) is 5.76. The smallest absolute Gasteiger partial charge is 0.327 e. The Morgan fingerprint density at radius 1 is 1.19 bits per heavy atom. The van der Waals surface area contributed by atoms with Crippen molar-refractivity contribution in [2.45, 2.75) is 12.5 Å². The van der Waals surface area contributed by atoms with E-state index in [0.29, 0.717) is 15.5 Å². The third-order valence-electron chi connectivity index (χ3n) is 3.88. The van der Waals surface area contributed by atoms with Crippen molar-refractivity contribution in [3.63, 3.8) is 0 Å². The lowest BCUT2D eigenvalue weighted by Gasteiger charge is -2.23. The van der Waals surface area contributed by atoms with Crippen molar-refractivity contribution in [3.05, 3.63) is 75.7 Å². The molecular formula is C19H14ClNO3S2. The van der Waals surface area contributed by atoms with Gasteiger partial charge in [0.25, 0.3) is 5.91 Å². The van der Waals surface area contributed by atoms with E-state index in [1.54, 1.807) is 24.3 Å². The highest BCUT2D eigenvalue weighted by molar-refractivity contribution is 8.26. The molecule has 0 aliphatic carbocycles. The molecule has 7 heteroatoms. The van der Waals surface area contributed by atoms with Gasteiger partial charge in [0.2, 0.25) is 0 Å². The Labute approximate surface area is 165 Å². The molecule has 0 aromatic heterocycles. The molecule has 4 nitrogen and oxygen atoms in total. The number of halogens is 1. The van der Waals surface area contributed by atoms with Crippen LogP contribution in [0.15, 0.2) is 59.5 Å². The van der Waals surface area contributed by atoms with Gasteiger partial charge in [-0.05, 0) is 23.3 Å². The molecule has 0 spiro atoms. The van der Waals surface area contributed by atoms with Gasteiger partial charge >= 0.3 is 5.97 Å². The summed E-state index contributed by atoms with van der Waals surface area (Å²) >= 11 is 12.5. The van der Waals surface area contributed by atoms with Crippen molar-refractivity contribution in [1.82, 2.24) is 4.90 Å². The average Bonchev–Trinajstić information content (AvgIpc) is 2.89. The number of carbonyl (C=O) groups is 2. The molecule has 0 unspecified atom stereocenters. The molecule has 1 fully saturated rings. The molecular weight excluding hydrogens is 390 g/mol. The average molecular weight is 404 g/mol. The highest BCUT2D eigenvalue weighted by atomic mass is 35.5. The minimum atomic E-state index is -1.09. The van der Waals surface area contributed by atoms with Crippen molar-refractivity contribution in [2.24, 2.45) is 0 Å². The van der Waals surface area contributed by atoms with Crippen LogP contribution in [0.3, 0.4) is 0 Å². The molecule has 1 heterocycles. The largest absolute Gasteiger partial charge is 0.480 e. The standard InChI is InChI=1S/C19H14ClNO3S2/c20-14-9-5-4-8-13(14)11-16-17(22)21(19(25)26-16)15(18(23)24)10-12-6-2-1-3-7-12/h1-9,11,15H,10H2,(H,23,24)/b16-11-/t15-/m0/s1. The molecule has 1 aliphatic rings. The van der Waals surface area contributed by atoms with Crippen LogP contribution in [-0.2, 0) is 16.0 Å². The second-order valence-electron chi connectivity index (χ2n) is 5.62. The first-order chi connectivity index (χ1) is 12.5. The molecule has 3 rings (SSSR count). The second-order valence-corrected chi connectivity index (χ2v) is 7.70. The minimum Gasteiger partial charge on any atom is -0.480 e. The molecule has 0 saturated carbocycles. The van der Waals surface area contributed by atoms with E-state index in [-0.39, 0.29) is 10.7 Å². The van der Waals surface area contributed by atoms with Crippen molar-refractivity contribution in [2.75, 3.05) is 0 Å². The van der Waals surface area contributed by atoms with Crippen LogP contribution in [0, 0.1) is 0 Å². The zero-order valence-corrected chi connectivity index (χ0v) is 15.9. The summed E-state index contributed by atoms with van der Waals surface area (Å²) in [6, 6.07) is 15.2. The van der Waals surface area contributed by atoms with Crippen LogP contribution >= 0.6 is 35.6 Å². The summed E-state index contributed by atoms with van der Waals surface area (Å²) in [5.41, 5.74) is 1.51. The van der Waals surface area contributed by atoms with E-state index in [0.717, 1.165) is 17.3 Å². The third kappa shape index (κ3) is 3.98. The van der Waals surface area contributed by atoms with Crippen LogP contribution in [0.25, 0.3) is 6.08 Å². The first-order valence-electron chi connectivity index (χ1n) is 7.75. The van der Waals surface area contributed by atoms with Crippen molar-refractivity contribution < 1.29 is 14.7 Å².